The number of rotatable bonds is 7. The Morgan fingerprint density at radius 1 is 1.05 bits per heavy atom. The molecule has 0 bridgehead atoms. The number of hydrogen-bond acceptors (Lipinski definition) is 9. The number of unbranched alkanes of at least 4 members (excludes halogenated alkanes) is 1. The van der Waals surface area contributed by atoms with Gasteiger partial charge in [0.05, 0.1) is 33.3 Å². The van der Waals surface area contributed by atoms with E-state index in [2.05, 4.69) is 55.0 Å². The number of carbonyl (C=O) groups excluding carboxylic acids is 2. The predicted octanol–water partition coefficient (Wildman–Crippen LogP) is 6.43. The van der Waals surface area contributed by atoms with Crippen LogP contribution in [0.25, 0.3) is 21.5 Å². The van der Waals surface area contributed by atoms with Crippen molar-refractivity contribution in [1.29, 1.82) is 0 Å². The van der Waals surface area contributed by atoms with E-state index in [4.69, 9.17) is 16.6 Å². The van der Waals surface area contributed by atoms with Gasteiger partial charge in [0.1, 0.15) is 29.2 Å². The average molecular weight is 770 g/mol. The van der Waals surface area contributed by atoms with Crippen LogP contribution in [0.2, 0.25) is 5.02 Å². The average Bonchev–Trinajstić information content (AvgIpc) is 3.83. The first-order valence-corrected chi connectivity index (χ1v) is 19.2. The first kappa shape index (κ1) is 36.0. The maximum Gasteiger partial charge on any atom is 0.262 e. The number of fused-ring (bicyclic) bond motifs is 4. The lowest BCUT2D eigenvalue weighted by molar-refractivity contribution is -0.135. The molecule has 2 amide bonds. The van der Waals surface area contributed by atoms with Crippen LogP contribution in [-0.2, 0) is 22.7 Å². The molecule has 276 valence electrons. The number of thiophene rings is 1. The van der Waals surface area contributed by atoms with Crippen LogP contribution in [-0.4, -0.2) is 51.6 Å². The van der Waals surface area contributed by atoms with Gasteiger partial charge < -0.3 is 0 Å². The van der Waals surface area contributed by atoms with Crippen molar-refractivity contribution in [3.05, 3.63) is 126 Å². The van der Waals surface area contributed by atoms with Crippen molar-refractivity contribution in [2.75, 3.05) is 0 Å². The third-order valence-electron chi connectivity index (χ3n) is 10.0. The Morgan fingerprint density at radius 2 is 1.87 bits per heavy atom. The first-order valence-electron chi connectivity index (χ1n) is 18.0. The third kappa shape index (κ3) is 6.83. The first-order chi connectivity index (χ1) is 26.6. The minimum Gasteiger partial charge on any atom is -0.295 e. The number of halogens is 1. The summed E-state index contributed by atoms with van der Waals surface area (Å²) in [5, 5.41) is 17.8. The van der Waals surface area contributed by atoms with E-state index < -0.39 is 11.9 Å². The molecule has 2 aliphatic heterocycles. The lowest BCUT2D eigenvalue weighted by atomic mass is 10.00. The van der Waals surface area contributed by atoms with Crippen LogP contribution in [0.1, 0.15) is 88.8 Å². The lowest BCUT2D eigenvalue weighted by Crippen LogP contribution is -2.45. The zero-order valence-electron chi connectivity index (χ0n) is 30.7. The summed E-state index contributed by atoms with van der Waals surface area (Å²) in [6, 6.07) is 12.6. The van der Waals surface area contributed by atoms with E-state index in [0.29, 0.717) is 34.8 Å². The molecule has 1 unspecified atom stereocenters. The second kappa shape index (κ2) is 14.7. The van der Waals surface area contributed by atoms with E-state index in [-0.39, 0.29) is 24.3 Å². The summed E-state index contributed by atoms with van der Waals surface area (Å²) < 4.78 is 5.40. The molecule has 1 N–H and O–H groups in total. The van der Waals surface area contributed by atoms with Crippen molar-refractivity contribution in [1.82, 2.24) is 39.4 Å². The quantitative estimate of drug-likeness (QED) is 0.112. The number of nitrogens with zero attached hydrogens (tertiary/aromatic N) is 8. The summed E-state index contributed by atoms with van der Waals surface area (Å²) in [7, 11) is 0. The molecule has 2 aromatic carbocycles. The number of allylic oxidation sites excluding steroid dienone is 2. The number of amides is 2. The second-order valence-electron chi connectivity index (χ2n) is 13.7. The number of piperidine rings is 1. The van der Waals surface area contributed by atoms with Gasteiger partial charge in [0.15, 0.2) is 5.82 Å². The van der Waals surface area contributed by atoms with Crippen LogP contribution < -0.4 is 10.9 Å². The summed E-state index contributed by atoms with van der Waals surface area (Å²) >= 11 is 7.81. The molecule has 12 nitrogen and oxygen atoms in total. The molecule has 1 fully saturated rings. The number of benzene rings is 2. The fourth-order valence-electron chi connectivity index (χ4n) is 7.24. The molecule has 1 saturated heterocycles. The molecular weight excluding hydrogens is 734 g/mol. The normalized spacial score (nSPS) is 15.5. The maximum atomic E-state index is 13.9. The van der Waals surface area contributed by atoms with Crippen molar-refractivity contribution >= 4 is 56.9 Å². The van der Waals surface area contributed by atoms with E-state index in [0.717, 1.165) is 73.5 Å². The number of aliphatic imine (C=N–C) groups is 1. The summed E-state index contributed by atoms with van der Waals surface area (Å²) in [6.07, 6.45) is 7.86. The van der Waals surface area contributed by atoms with E-state index in [1.807, 2.05) is 67.2 Å². The van der Waals surface area contributed by atoms with Crippen molar-refractivity contribution in [2.24, 2.45) is 4.99 Å². The Bertz CT molecular complexity index is 2720. The minimum atomic E-state index is -0.776. The Morgan fingerprint density at radius 3 is 2.67 bits per heavy atom. The van der Waals surface area contributed by atoms with Crippen molar-refractivity contribution in [3.63, 3.8) is 0 Å². The van der Waals surface area contributed by atoms with Crippen molar-refractivity contribution < 1.29 is 9.59 Å². The van der Waals surface area contributed by atoms with Crippen LogP contribution in [0.5, 0.6) is 0 Å². The summed E-state index contributed by atoms with van der Waals surface area (Å²) in [5.74, 6) is 7.94. The molecule has 2 aliphatic rings. The second-order valence-corrected chi connectivity index (χ2v) is 15.1. The van der Waals surface area contributed by atoms with Crippen LogP contribution in [0, 0.1) is 32.6 Å². The molecule has 0 spiro atoms. The van der Waals surface area contributed by atoms with Crippen LogP contribution >= 0.6 is 22.9 Å². The summed E-state index contributed by atoms with van der Waals surface area (Å²) in [6.45, 7) is 8.83. The summed E-state index contributed by atoms with van der Waals surface area (Å²) in [4.78, 5) is 48.9. The highest BCUT2D eigenvalue weighted by Gasteiger charge is 2.31. The fraction of sp³-hybridized carbons (Fsp3) is 0.268. The number of carbonyl (C=O) groups is 2. The minimum absolute atomic E-state index is 0.176. The number of aryl methyl sites for hydroxylation is 3. The van der Waals surface area contributed by atoms with Gasteiger partial charge in [-0.15, -0.1) is 21.5 Å². The van der Waals surface area contributed by atoms with E-state index in [1.54, 1.807) is 24.5 Å². The Hall–Kier alpha value is -5.97. The molecule has 1 atom stereocenters. The van der Waals surface area contributed by atoms with E-state index in [1.165, 1.54) is 4.57 Å². The monoisotopic (exact) mass is 769 g/mol. The summed E-state index contributed by atoms with van der Waals surface area (Å²) in [5.41, 5.74) is 6.74. The van der Waals surface area contributed by atoms with Gasteiger partial charge in [-0.25, -0.2) is 4.98 Å². The fourth-order valence-corrected chi connectivity index (χ4v) is 8.59. The largest absolute Gasteiger partial charge is 0.295 e. The van der Waals surface area contributed by atoms with Crippen LogP contribution in [0.4, 0.5) is 0 Å². The molecule has 6 heterocycles. The van der Waals surface area contributed by atoms with Crippen molar-refractivity contribution in [3.8, 4) is 16.8 Å². The smallest absolute Gasteiger partial charge is 0.262 e. The zero-order valence-corrected chi connectivity index (χ0v) is 32.3. The third-order valence-corrected chi connectivity index (χ3v) is 11.4. The number of aromatic nitrogens is 7. The standard InChI is InChI=1S/C41H36ClN9O3S/c1-23(30-9-7-10-31-37(30)40(54)50(25(3)45-31)32-16-18-35(52)46-39(32)53)8-5-6-19-49-22-27(20-44-49)11-17-33-24(2)36-38(28-12-14-29(42)15-13-28)43-21-34-48-47-26(4)51(34)41(36)55-33/h7-10,12-15,20,22,32H,5-6,16,18-19,21H2,1-4H3,(H,46,52,53)/b23-8+. The molecule has 55 heavy (non-hydrogen) atoms. The molecule has 8 rings (SSSR count). The number of nitrogens with one attached hydrogen (secondary N) is 1. The van der Waals surface area contributed by atoms with Gasteiger partial charge in [-0.3, -0.25) is 38.5 Å². The molecule has 0 radical (unpaired) electrons. The highest BCUT2D eigenvalue weighted by atomic mass is 35.5. The zero-order chi connectivity index (χ0) is 38.4. The topological polar surface area (TPSA) is 142 Å². The van der Waals surface area contributed by atoms with Gasteiger partial charge in [0, 0.05) is 35.3 Å². The molecule has 14 heteroatoms. The van der Waals surface area contributed by atoms with Gasteiger partial charge in [0.2, 0.25) is 11.8 Å². The molecule has 4 aromatic heterocycles. The van der Waals surface area contributed by atoms with Crippen molar-refractivity contribution in [2.45, 2.75) is 72.5 Å². The van der Waals surface area contributed by atoms with Gasteiger partial charge in [-0.05, 0) is 81.9 Å². The van der Waals surface area contributed by atoms with Gasteiger partial charge >= 0.3 is 0 Å². The van der Waals surface area contributed by atoms with Gasteiger partial charge in [0.25, 0.3) is 5.56 Å². The predicted molar refractivity (Wildman–Crippen MR) is 213 cm³/mol. The molecule has 0 aliphatic carbocycles. The van der Waals surface area contributed by atoms with Crippen LogP contribution in [0.15, 0.2) is 70.7 Å². The lowest BCUT2D eigenvalue weighted by Gasteiger charge is -2.24. The highest BCUT2D eigenvalue weighted by molar-refractivity contribution is 7.15. The van der Waals surface area contributed by atoms with Gasteiger partial charge in [-0.1, -0.05) is 53.8 Å². The Kier molecular flexibility index (Phi) is 9.63. The van der Waals surface area contributed by atoms with E-state index >= 15 is 0 Å². The molecule has 6 aromatic rings. The Labute approximate surface area is 325 Å². The Balaban J connectivity index is 0.987. The number of hydrogen-bond donors (Lipinski definition) is 1. The van der Waals surface area contributed by atoms with Crippen LogP contribution in [0.3, 0.4) is 0 Å². The SMILES string of the molecule is C/C(=C\CCCn1cc(C#Cc2sc3c(c2C)C(c2ccc(Cl)cc2)=NCc2nnc(C)n2-3)cn1)c1cccc2nc(C)n(C3CCC(=O)NC3=O)c(=O)c12. The highest BCUT2D eigenvalue weighted by Crippen LogP contribution is 2.36. The maximum absolute atomic E-state index is 13.9. The van der Waals surface area contributed by atoms with Gasteiger partial charge in [-0.2, -0.15) is 5.10 Å². The molecule has 0 saturated carbocycles. The van der Waals surface area contributed by atoms with E-state index in [9.17, 15) is 14.4 Å². The molecular formula is C41H36ClN9O3S. The number of imide groups is 1.